The number of rotatable bonds is 2. The van der Waals surface area contributed by atoms with Gasteiger partial charge in [0.25, 0.3) is 0 Å². The summed E-state index contributed by atoms with van der Waals surface area (Å²) < 4.78 is 5.22. The van der Waals surface area contributed by atoms with Crippen LogP contribution >= 0.6 is 0 Å². The Kier molecular flexibility index (Phi) is 3.72. The van der Waals surface area contributed by atoms with Gasteiger partial charge >= 0.3 is 0 Å². The van der Waals surface area contributed by atoms with Crippen molar-refractivity contribution in [2.24, 2.45) is 0 Å². The number of nitrogens with two attached hydrogens (primary N) is 1. The van der Waals surface area contributed by atoms with Crippen LogP contribution in [-0.4, -0.2) is 17.2 Å². The lowest BCUT2D eigenvalue weighted by Gasteiger charge is -2.29. The zero-order valence-corrected chi connectivity index (χ0v) is 15.5. The van der Waals surface area contributed by atoms with Crippen LogP contribution in [0.5, 0.6) is 11.5 Å². The van der Waals surface area contributed by atoms with Crippen LogP contribution < -0.4 is 10.5 Å². The lowest BCUT2D eigenvalue weighted by atomic mass is 9.76. The molecule has 0 amide bonds. The molecule has 0 saturated carbocycles. The van der Waals surface area contributed by atoms with E-state index in [0.29, 0.717) is 11.6 Å². The number of nitrogens with zero attached hydrogens (tertiary/aromatic N) is 1. The van der Waals surface area contributed by atoms with Crippen LogP contribution in [0.4, 0.5) is 5.82 Å². The Labute approximate surface area is 163 Å². The largest absolute Gasteiger partial charge is 0.504 e. The highest BCUT2D eigenvalue weighted by molar-refractivity contribution is 5.98. The average molecular weight is 368 g/mol. The zero-order chi connectivity index (χ0) is 19.3. The first kappa shape index (κ1) is 16.6. The molecule has 4 nitrogen and oxygen atoms in total. The topological polar surface area (TPSA) is 68.4 Å². The minimum atomic E-state index is 0.0692. The number of phenolic OH excluding ortho intramolecular Hbond substituents is 1. The first-order valence-electron chi connectivity index (χ1n) is 9.30. The van der Waals surface area contributed by atoms with Gasteiger partial charge in [0.05, 0.1) is 12.8 Å². The van der Waals surface area contributed by atoms with Crippen LogP contribution in [0.2, 0.25) is 0 Å². The summed E-state index contributed by atoms with van der Waals surface area (Å²) in [4.78, 5) is 4.81. The van der Waals surface area contributed by atoms with Crippen molar-refractivity contribution in [3.05, 3.63) is 83.4 Å². The maximum atomic E-state index is 10.4. The fourth-order valence-electron chi connectivity index (χ4n) is 4.33. The molecule has 138 valence electrons. The number of phenols is 1. The first-order valence-corrected chi connectivity index (χ1v) is 9.30. The highest BCUT2D eigenvalue weighted by Gasteiger charge is 2.30. The Morgan fingerprint density at radius 1 is 1.00 bits per heavy atom. The zero-order valence-electron chi connectivity index (χ0n) is 15.5. The number of anilines is 1. The molecule has 0 bridgehead atoms. The van der Waals surface area contributed by atoms with Crippen molar-refractivity contribution < 1.29 is 9.84 Å². The number of hydrogen-bond donors (Lipinski definition) is 2. The number of methoxy groups -OCH3 is 1. The van der Waals surface area contributed by atoms with Crippen molar-refractivity contribution in [1.29, 1.82) is 0 Å². The molecule has 3 aromatic carbocycles. The lowest BCUT2D eigenvalue weighted by molar-refractivity contribution is 0.373. The third-order valence-electron chi connectivity index (χ3n) is 5.63. The Balaban J connectivity index is 1.83. The summed E-state index contributed by atoms with van der Waals surface area (Å²) in [7, 11) is 1.56. The monoisotopic (exact) mass is 368 g/mol. The maximum Gasteiger partial charge on any atom is 0.160 e. The van der Waals surface area contributed by atoms with Gasteiger partial charge in [-0.2, -0.15) is 0 Å². The van der Waals surface area contributed by atoms with Crippen LogP contribution in [0.1, 0.15) is 22.6 Å². The molecule has 1 unspecified atom stereocenters. The van der Waals surface area contributed by atoms with Crippen LogP contribution in [0.25, 0.3) is 22.0 Å². The van der Waals surface area contributed by atoms with Crippen LogP contribution in [0.15, 0.2) is 66.7 Å². The molecular formula is C24H20N2O2. The molecule has 5 rings (SSSR count). The van der Waals surface area contributed by atoms with Crippen molar-refractivity contribution in [3.8, 4) is 22.8 Å². The molecule has 1 heterocycles. The molecule has 1 aliphatic rings. The van der Waals surface area contributed by atoms with Gasteiger partial charge in [-0.15, -0.1) is 0 Å². The van der Waals surface area contributed by atoms with Crippen LogP contribution in [0.3, 0.4) is 0 Å². The number of nitrogen functional groups attached to an aromatic ring is 1. The van der Waals surface area contributed by atoms with Crippen LogP contribution in [-0.2, 0) is 6.42 Å². The van der Waals surface area contributed by atoms with Crippen molar-refractivity contribution >= 4 is 16.6 Å². The summed E-state index contributed by atoms with van der Waals surface area (Å²) >= 11 is 0. The van der Waals surface area contributed by atoms with E-state index in [4.69, 9.17) is 15.5 Å². The molecule has 4 aromatic rings. The highest BCUT2D eigenvalue weighted by atomic mass is 16.5. The molecule has 1 aromatic heterocycles. The van der Waals surface area contributed by atoms with E-state index in [0.717, 1.165) is 39.6 Å². The second kappa shape index (κ2) is 6.27. The quantitative estimate of drug-likeness (QED) is 0.529. The van der Waals surface area contributed by atoms with Gasteiger partial charge in [0.1, 0.15) is 5.82 Å². The van der Waals surface area contributed by atoms with Gasteiger partial charge in [0, 0.05) is 16.9 Å². The fraction of sp³-hybridized carbons (Fsp3) is 0.125. The van der Waals surface area contributed by atoms with Crippen molar-refractivity contribution in [3.63, 3.8) is 0 Å². The molecule has 3 N–H and O–H groups in total. The molecule has 4 heteroatoms. The predicted molar refractivity (Wildman–Crippen MR) is 112 cm³/mol. The highest BCUT2D eigenvalue weighted by Crippen LogP contribution is 2.46. The number of fused-ring (bicyclic) bond motifs is 5. The van der Waals surface area contributed by atoms with Crippen molar-refractivity contribution in [1.82, 2.24) is 4.98 Å². The molecule has 0 aliphatic heterocycles. The van der Waals surface area contributed by atoms with Gasteiger partial charge in [0.15, 0.2) is 11.5 Å². The number of ether oxygens (including phenoxy) is 1. The number of aromatic hydroxyl groups is 1. The third-order valence-corrected chi connectivity index (χ3v) is 5.63. The van der Waals surface area contributed by atoms with Crippen LogP contribution in [0, 0.1) is 0 Å². The molecular weight excluding hydrogens is 348 g/mol. The number of benzene rings is 3. The maximum absolute atomic E-state index is 10.4. The molecule has 0 spiro atoms. The van der Waals surface area contributed by atoms with Gasteiger partial charge in [-0.3, -0.25) is 0 Å². The molecule has 1 atom stereocenters. The standard InChI is InChI=1S/C24H20N2O2/c1-28-21-11-10-15(13-20(21)27)19-12-14-6-2-3-7-16(14)23-22(19)17-8-4-5-9-18(17)24(25)26-23/h2-11,13,19,27H,12H2,1H3,(H2,25,26). The number of aromatic nitrogens is 1. The Morgan fingerprint density at radius 2 is 1.75 bits per heavy atom. The summed E-state index contributed by atoms with van der Waals surface area (Å²) in [5.41, 5.74) is 11.8. The van der Waals surface area contributed by atoms with E-state index in [-0.39, 0.29) is 11.7 Å². The van der Waals surface area contributed by atoms with Crippen molar-refractivity contribution in [2.45, 2.75) is 12.3 Å². The summed E-state index contributed by atoms with van der Waals surface area (Å²) in [6.45, 7) is 0. The smallest absolute Gasteiger partial charge is 0.160 e. The van der Waals surface area contributed by atoms with E-state index in [9.17, 15) is 5.11 Å². The second-order valence-electron chi connectivity index (χ2n) is 7.15. The van der Waals surface area contributed by atoms with E-state index in [1.165, 1.54) is 5.56 Å². The van der Waals surface area contributed by atoms with E-state index in [1.54, 1.807) is 13.2 Å². The summed E-state index contributed by atoms with van der Waals surface area (Å²) in [5, 5.41) is 12.4. The predicted octanol–water partition coefficient (Wildman–Crippen LogP) is 4.89. The van der Waals surface area contributed by atoms with E-state index >= 15 is 0 Å². The Morgan fingerprint density at radius 3 is 2.54 bits per heavy atom. The van der Waals surface area contributed by atoms with E-state index in [2.05, 4.69) is 24.3 Å². The van der Waals surface area contributed by atoms with Gasteiger partial charge in [-0.1, -0.05) is 54.6 Å². The Hall–Kier alpha value is -3.53. The third kappa shape index (κ3) is 2.42. The van der Waals surface area contributed by atoms with Gasteiger partial charge < -0.3 is 15.6 Å². The molecule has 0 fully saturated rings. The summed E-state index contributed by atoms with van der Waals surface area (Å²) in [6.07, 6.45) is 0.838. The minimum absolute atomic E-state index is 0.0692. The Bertz CT molecular complexity index is 1220. The van der Waals surface area contributed by atoms with Gasteiger partial charge in [0.2, 0.25) is 0 Å². The van der Waals surface area contributed by atoms with Crippen molar-refractivity contribution in [2.75, 3.05) is 12.8 Å². The summed E-state index contributed by atoms with van der Waals surface area (Å²) in [5.74, 6) is 1.23. The lowest BCUT2D eigenvalue weighted by Crippen LogP contribution is -2.15. The minimum Gasteiger partial charge on any atom is -0.504 e. The fourth-order valence-corrected chi connectivity index (χ4v) is 4.33. The van der Waals surface area contributed by atoms with Gasteiger partial charge in [-0.05, 0) is 40.6 Å². The molecule has 0 saturated heterocycles. The van der Waals surface area contributed by atoms with Gasteiger partial charge in [-0.25, -0.2) is 4.98 Å². The molecule has 0 radical (unpaired) electrons. The average Bonchev–Trinajstić information content (AvgIpc) is 2.73. The van der Waals surface area contributed by atoms with E-state index in [1.807, 2.05) is 36.4 Å². The van der Waals surface area contributed by atoms with E-state index < -0.39 is 0 Å². The summed E-state index contributed by atoms with van der Waals surface area (Å²) in [6, 6.07) is 22.1. The number of pyridine rings is 1. The SMILES string of the molecule is COc1ccc(C2Cc3ccccc3-c3nc(N)c4ccccc4c32)cc1O. The first-order chi connectivity index (χ1) is 13.7. The molecule has 28 heavy (non-hydrogen) atoms. The number of hydrogen-bond acceptors (Lipinski definition) is 4. The molecule has 1 aliphatic carbocycles. The second-order valence-corrected chi connectivity index (χ2v) is 7.15. The normalized spacial score (nSPS) is 15.1.